The van der Waals surface area contributed by atoms with E-state index in [1.807, 2.05) is 0 Å². The van der Waals surface area contributed by atoms with Crippen molar-refractivity contribution in [3.63, 3.8) is 0 Å². The van der Waals surface area contributed by atoms with Crippen molar-refractivity contribution in [2.45, 2.75) is 37.5 Å². The highest BCUT2D eigenvalue weighted by Crippen LogP contribution is 2.30. The van der Waals surface area contributed by atoms with Crippen LogP contribution in [0.15, 0.2) is 30.5 Å². The number of halogens is 4. The molecule has 2 saturated heterocycles. The number of benzene rings is 1. The van der Waals surface area contributed by atoms with Crippen LogP contribution in [0.4, 0.5) is 13.2 Å². The van der Waals surface area contributed by atoms with E-state index >= 15 is 0 Å². The minimum atomic E-state index is -4.44. The van der Waals surface area contributed by atoms with Gasteiger partial charge in [-0.25, -0.2) is 4.68 Å². The number of aromatic nitrogens is 3. The third kappa shape index (κ3) is 4.08. The number of hydrogen-bond acceptors (Lipinski definition) is 4. The number of fused-ring (bicyclic) bond motifs is 2. The molecule has 0 aliphatic carbocycles. The number of alkyl halides is 3. The number of likely N-dealkylation sites (tertiary alicyclic amines) is 1. The Bertz CT molecular complexity index is 825. The second kappa shape index (κ2) is 7.47. The fourth-order valence-corrected chi connectivity index (χ4v) is 3.60. The smallest absolute Gasteiger partial charge is 0.336 e. The molecule has 2 fully saturated rings. The largest absolute Gasteiger partial charge is 0.416 e. The van der Waals surface area contributed by atoms with Crippen molar-refractivity contribution in [1.82, 2.24) is 25.2 Å². The number of carbonyl (C=O) groups is 1. The number of rotatable bonds is 2. The van der Waals surface area contributed by atoms with Crippen LogP contribution >= 0.6 is 12.4 Å². The molecule has 3 heterocycles. The minimum absolute atomic E-state index is 0. The van der Waals surface area contributed by atoms with Crippen LogP contribution in [0.3, 0.4) is 0 Å². The van der Waals surface area contributed by atoms with Gasteiger partial charge in [-0.1, -0.05) is 11.3 Å². The lowest BCUT2D eigenvalue weighted by Crippen LogP contribution is -2.39. The van der Waals surface area contributed by atoms with Crippen LogP contribution in [0, 0.1) is 0 Å². The molecule has 27 heavy (non-hydrogen) atoms. The molecule has 0 spiro atoms. The van der Waals surface area contributed by atoms with Crippen LogP contribution in [0.1, 0.15) is 35.3 Å². The summed E-state index contributed by atoms with van der Waals surface area (Å²) in [5, 5.41) is 11.2. The van der Waals surface area contributed by atoms with Gasteiger partial charge in [-0.05, 0) is 37.5 Å². The zero-order valence-electron chi connectivity index (χ0n) is 14.3. The Labute approximate surface area is 160 Å². The molecule has 2 unspecified atom stereocenters. The molecule has 2 aliphatic heterocycles. The van der Waals surface area contributed by atoms with E-state index in [2.05, 4.69) is 15.6 Å². The van der Waals surface area contributed by atoms with Gasteiger partial charge in [-0.2, -0.15) is 13.2 Å². The quantitative estimate of drug-likeness (QED) is 0.840. The van der Waals surface area contributed by atoms with Gasteiger partial charge in [0, 0.05) is 25.2 Å². The molecule has 2 atom stereocenters. The maximum atomic E-state index is 12.9. The first kappa shape index (κ1) is 19.6. The average Bonchev–Trinajstić information content (AvgIpc) is 3.20. The lowest BCUT2D eigenvalue weighted by molar-refractivity contribution is -0.137. The van der Waals surface area contributed by atoms with Gasteiger partial charge >= 0.3 is 6.18 Å². The van der Waals surface area contributed by atoms with Crippen LogP contribution in [-0.4, -0.2) is 51.0 Å². The van der Waals surface area contributed by atoms with E-state index in [1.165, 1.54) is 23.0 Å². The highest BCUT2D eigenvalue weighted by molar-refractivity contribution is 5.92. The van der Waals surface area contributed by atoms with Crippen LogP contribution in [0.2, 0.25) is 0 Å². The van der Waals surface area contributed by atoms with Crippen molar-refractivity contribution in [3.05, 3.63) is 41.7 Å². The highest BCUT2D eigenvalue weighted by Gasteiger charge is 2.33. The first-order valence-corrected chi connectivity index (χ1v) is 8.55. The molecule has 2 bridgehead atoms. The van der Waals surface area contributed by atoms with Crippen LogP contribution in [0.5, 0.6) is 0 Å². The predicted molar refractivity (Wildman–Crippen MR) is 94.1 cm³/mol. The zero-order chi connectivity index (χ0) is 18.3. The van der Waals surface area contributed by atoms with Crippen LogP contribution < -0.4 is 5.32 Å². The lowest BCUT2D eigenvalue weighted by Gasteiger charge is -2.23. The molecule has 1 aromatic carbocycles. The van der Waals surface area contributed by atoms with Gasteiger partial charge in [-0.15, -0.1) is 17.5 Å². The average molecular weight is 402 g/mol. The number of hydrogen-bond donors (Lipinski definition) is 1. The Morgan fingerprint density at radius 3 is 2.74 bits per heavy atom. The standard InChI is InChI=1S/C17H18F3N5O.ClH/c18-17(19,20)11-2-1-3-14(8-11)25-10-15(22-23-25)16(26)24-7-6-12-4-5-13(9-24)21-12;/h1-3,8,10,12-13,21H,4-7,9H2;1H. The summed E-state index contributed by atoms with van der Waals surface area (Å²) in [6.07, 6.45) is 0.0236. The topological polar surface area (TPSA) is 63.1 Å². The molecular weight excluding hydrogens is 383 g/mol. The van der Waals surface area contributed by atoms with Crippen molar-refractivity contribution in [2.75, 3.05) is 13.1 Å². The summed E-state index contributed by atoms with van der Waals surface area (Å²) >= 11 is 0. The van der Waals surface area contributed by atoms with Gasteiger partial charge < -0.3 is 10.2 Å². The van der Waals surface area contributed by atoms with E-state index in [-0.39, 0.29) is 29.7 Å². The summed E-state index contributed by atoms with van der Waals surface area (Å²) in [6.45, 7) is 1.26. The normalized spacial score (nSPS) is 22.3. The van der Waals surface area contributed by atoms with Crippen LogP contribution in [0.25, 0.3) is 5.69 Å². The minimum Gasteiger partial charge on any atom is -0.336 e. The van der Waals surface area contributed by atoms with Crippen molar-refractivity contribution < 1.29 is 18.0 Å². The Morgan fingerprint density at radius 2 is 1.96 bits per heavy atom. The monoisotopic (exact) mass is 401 g/mol. The molecule has 0 saturated carbocycles. The van der Waals surface area contributed by atoms with E-state index < -0.39 is 11.7 Å². The van der Waals surface area contributed by atoms with Gasteiger partial charge in [0.05, 0.1) is 17.4 Å². The predicted octanol–water partition coefficient (Wildman–Crippen LogP) is 2.67. The molecular formula is C17H19ClF3N5O. The number of amides is 1. The molecule has 10 heteroatoms. The van der Waals surface area contributed by atoms with Crippen molar-refractivity contribution in [2.24, 2.45) is 0 Å². The Hall–Kier alpha value is -2.13. The maximum Gasteiger partial charge on any atom is 0.416 e. The second-order valence-electron chi connectivity index (χ2n) is 6.77. The van der Waals surface area contributed by atoms with E-state index in [0.717, 1.165) is 31.4 Å². The number of nitrogens with one attached hydrogen (secondary N) is 1. The maximum absolute atomic E-state index is 12.9. The fourth-order valence-electron chi connectivity index (χ4n) is 3.60. The molecule has 2 aromatic rings. The number of carbonyl (C=O) groups excluding carboxylic acids is 1. The molecule has 1 N–H and O–H groups in total. The summed E-state index contributed by atoms with van der Waals surface area (Å²) < 4.78 is 39.8. The Balaban J connectivity index is 0.00000210. The summed E-state index contributed by atoms with van der Waals surface area (Å²) in [7, 11) is 0. The van der Waals surface area contributed by atoms with E-state index in [9.17, 15) is 18.0 Å². The molecule has 1 amide bonds. The molecule has 4 rings (SSSR count). The lowest BCUT2D eigenvalue weighted by atomic mass is 10.1. The SMILES string of the molecule is Cl.O=C(c1cn(-c2cccc(C(F)(F)F)c2)nn1)N1CCC2CCC(C1)N2. The van der Waals surface area contributed by atoms with E-state index in [4.69, 9.17) is 0 Å². The first-order chi connectivity index (χ1) is 12.4. The zero-order valence-corrected chi connectivity index (χ0v) is 15.1. The van der Waals surface area contributed by atoms with Gasteiger partial charge in [0.25, 0.3) is 5.91 Å². The molecule has 146 valence electrons. The molecule has 0 radical (unpaired) electrons. The Morgan fingerprint density at radius 1 is 1.19 bits per heavy atom. The summed E-state index contributed by atoms with van der Waals surface area (Å²) in [5.74, 6) is -0.238. The molecule has 6 nitrogen and oxygen atoms in total. The Kier molecular flexibility index (Phi) is 5.43. The molecule has 1 aromatic heterocycles. The van der Waals surface area contributed by atoms with Gasteiger partial charge in [0.15, 0.2) is 5.69 Å². The number of nitrogens with zero attached hydrogens (tertiary/aromatic N) is 4. The first-order valence-electron chi connectivity index (χ1n) is 8.55. The van der Waals surface area contributed by atoms with Crippen molar-refractivity contribution >= 4 is 18.3 Å². The summed E-state index contributed by atoms with van der Waals surface area (Å²) in [4.78, 5) is 14.4. The highest BCUT2D eigenvalue weighted by atomic mass is 35.5. The van der Waals surface area contributed by atoms with Gasteiger partial charge in [0.2, 0.25) is 0 Å². The third-order valence-electron chi connectivity index (χ3n) is 4.96. The molecule has 2 aliphatic rings. The van der Waals surface area contributed by atoms with Crippen molar-refractivity contribution in [3.8, 4) is 5.69 Å². The van der Waals surface area contributed by atoms with E-state index in [0.29, 0.717) is 25.2 Å². The third-order valence-corrected chi connectivity index (χ3v) is 4.96. The summed E-state index contributed by atoms with van der Waals surface area (Å²) in [5.41, 5.74) is -0.420. The fraction of sp³-hybridized carbons (Fsp3) is 0.471. The summed E-state index contributed by atoms with van der Waals surface area (Å²) in [6, 6.07) is 5.53. The van der Waals surface area contributed by atoms with E-state index in [1.54, 1.807) is 4.90 Å². The van der Waals surface area contributed by atoms with Gasteiger partial charge in [0.1, 0.15) is 0 Å². The second-order valence-corrected chi connectivity index (χ2v) is 6.77. The van der Waals surface area contributed by atoms with Crippen LogP contribution in [-0.2, 0) is 6.18 Å². The van der Waals surface area contributed by atoms with Crippen molar-refractivity contribution in [1.29, 1.82) is 0 Å². The van der Waals surface area contributed by atoms with Gasteiger partial charge in [-0.3, -0.25) is 4.79 Å².